The summed E-state index contributed by atoms with van der Waals surface area (Å²) in [4.78, 5) is 4.04. The first-order valence-corrected chi connectivity index (χ1v) is 7.17. The summed E-state index contributed by atoms with van der Waals surface area (Å²) in [6.07, 6.45) is 2.36. The van der Waals surface area contributed by atoms with Gasteiger partial charge in [-0.1, -0.05) is 13.8 Å². The summed E-state index contributed by atoms with van der Waals surface area (Å²) in [7, 11) is 3.53. The summed E-state index contributed by atoms with van der Waals surface area (Å²) in [5, 5.41) is 14.4. The van der Waals surface area contributed by atoms with Crippen LogP contribution in [0.25, 0.3) is 0 Å². The highest BCUT2D eigenvalue weighted by molar-refractivity contribution is 6.28. The zero-order valence-electron chi connectivity index (χ0n) is 13.0. The van der Waals surface area contributed by atoms with E-state index in [1.807, 2.05) is 32.4 Å². The van der Waals surface area contributed by atoms with E-state index < -0.39 is 5.60 Å². The molecule has 0 bridgehead atoms. The maximum absolute atomic E-state index is 10.6. The average molecular weight is 304 g/mol. The summed E-state index contributed by atoms with van der Waals surface area (Å²) < 4.78 is 6.90. The van der Waals surface area contributed by atoms with Gasteiger partial charge in [0.25, 0.3) is 0 Å². The Hall–Kier alpha value is -0.620. The van der Waals surface area contributed by atoms with Gasteiger partial charge >= 0.3 is 0 Å². The molecule has 0 saturated heterocycles. The minimum atomic E-state index is -0.792. The normalized spacial score (nSPS) is 15.3. The number of aliphatic hydroxyl groups is 1. The Morgan fingerprint density at radius 3 is 2.60 bits per heavy atom. The Balaban J connectivity index is 2.52. The summed E-state index contributed by atoms with van der Waals surface area (Å²) in [6.45, 7) is 7.85. The Morgan fingerprint density at radius 1 is 1.45 bits per heavy atom. The molecule has 0 aliphatic rings. The van der Waals surface area contributed by atoms with Gasteiger partial charge in [0.05, 0.1) is 17.5 Å². The standard InChI is InChI=1S/C14H26ClN3O2/c1-13(2,14(3,19)6-7-20-5)10-16-8-11-9-17-12(15)18(11)4/h9,16,19H,6-8,10H2,1-5H3. The van der Waals surface area contributed by atoms with E-state index in [0.29, 0.717) is 31.4 Å². The molecule has 0 aromatic carbocycles. The van der Waals surface area contributed by atoms with Gasteiger partial charge in [0.2, 0.25) is 5.28 Å². The van der Waals surface area contributed by atoms with Gasteiger partial charge in [-0.2, -0.15) is 0 Å². The molecule has 0 saturated carbocycles. The summed E-state index contributed by atoms with van der Waals surface area (Å²) >= 11 is 5.90. The smallest absolute Gasteiger partial charge is 0.202 e. The molecule has 1 atom stereocenters. The van der Waals surface area contributed by atoms with Crippen LogP contribution < -0.4 is 5.32 Å². The van der Waals surface area contributed by atoms with Gasteiger partial charge in [0.1, 0.15) is 0 Å². The van der Waals surface area contributed by atoms with Gasteiger partial charge in [0.15, 0.2) is 0 Å². The third-order valence-corrected chi connectivity index (χ3v) is 4.50. The maximum Gasteiger partial charge on any atom is 0.202 e. The fourth-order valence-corrected chi connectivity index (χ4v) is 2.07. The number of hydrogen-bond donors (Lipinski definition) is 2. The van der Waals surface area contributed by atoms with Crippen LogP contribution in [-0.4, -0.2) is 40.5 Å². The summed E-state index contributed by atoms with van der Waals surface area (Å²) in [5.74, 6) is 0. The van der Waals surface area contributed by atoms with Crippen molar-refractivity contribution in [1.82, 2.24) is 14.9 Å². The molecule has 6 heteroatoms. The molecule has 2 N–H and O–H groups in total. The molecule has 1 rings (SSSR count). The van der Waals surface area contributed by atoms with Crippen molar-refractivity contribution in [3.8, 4) is 0 Å². The highest BCUT2D eigenvalue weighted by Crippen LogP contribution is 2.32. The van der Waals surface area contributed by atoms with Crippen LogP contribution in [0.1, 0.15) is 32.9 Å². The minimum absolute atomic E-state index is 0.270. The molecule has 0 amide bonds. The third kappa shape index (κ3) is 4.19. The van der Waals surface area contributed by atoms with Crippen LogP contribution >= 0.6 is 11.6 Å². The van der Waals surface area contributed by atoms with Crippen LogP contribution in [0.3, 0.4) is 0 Å². The van der Waals surface area contributed by atoms with Gasteiger partial charge in [-0.05, 0) is 24.9 Å². The number of halogens is 1. The van der Waals surface area contributed by atoms with Crippen molar-refractivity contribution in [1.29, 1.82) is 0 Å². The minimum Gasteiger partial charge on any atom is -0.389 e. The molecule has 116 valence electrons. The number of aromatic nitrogens is 2. The molecule has 0 aliphatic heterocycles. The second-order valence-corrected chi connectivity index (χ2v) is 6.42. The van der Waals surface area contributed by atoms with Crippen molar-refractivity contribution in [3.05, 3.63) is 17.2 Å². The van der Waals surface area contributed by atoms with Gasteiger partial charge in [-0.15, -0.1) is 0 Å². The molecule has 0 fully saturated rings. The number of imidazole rings is 1. The van der Waals surface area contributed by atoms with Gasteiger partial charge < -0.3 is 19.7 Å². The monoisotopic (exact) mass is 303 g/mol. The molecule has 0 spiro atoms. The van der Waals surface area contributed by atoms with Crippen LogP contribution in [0.4, 0.5) is 0 Å². The third-order valence-electron chi connectivity index (χ3n) is 4.15. The fraction of sp³-hybridized carbons (Fsp3) is 0.786. The Labute approximate surface area is 126 Å². The molecular formula is C14H26ClN3O2. The zero-order valence-corrected chi connectivity index (χ0v) is 13.8. The molecule has 0 radical (unpaired) electrons. The lowest BCUT2D eigenvalue weighted by Crippen LogP contribution is -2.48. The molecule has 1 aromatic rings. The van der Waals surface area contributed by atoms with E-state index in [4.69, 9.17) is 16.3 Å². The number of ether oxygens (including phenoxy) is 1. The Bertz CT molecular complexity index is 430. The molecular weight excluding hydrogens is 278 g/mol. The van der Waals surface area contributed by atoms with E-state index in [1.165, 1.54) is 0 Å². The quantitative estimate of drug-likeness (QED) is 0.771. The zero-order chi connectivity index (χ0) is 15.4. The van der Waals surface area contributed by atoms with Crippen molar-refractivity contribution in [2.45, 2.75) is 39.3 Å². The van der Waals surface area contributed by atoms with E-state index in [-0.39, 0.29) is 5.41 Å². The lowest BCUT2D eigenvalue weighted by molar-refractivity contribution is -0.0691. The highest BCUT2D eigenvalue weighted by atomic mass is 35.5. The van der Waals surface area contributed by atoms with Crippen LogP contribution in [-0.2, 0) is 18.3 Å². The maximum atomic E-state index is 10.6. The highest BCUT2D eigenvalue weighted by Gasteiger charge is 2.38. The predicted molar refractivity (Wildman–Crippen MR) is 80.8 cm³/mol. The van der Waals surface area contributed by atoms with Crippen LogP contribution in [0, 0.1) is 5.41 Å². The first-order valence-electron chi connectivity index (χ1n) is 6.79. The SMILES string of the molecule is COCCC(C)(O)C(C)(C)CNCc1cnc(Cl)n1C. The largest absolute Gasteiger partial charge is 0.389 e. The molecule has 20 heavy (non-hydrogen) atoms. The average Bonchev–Trinajstić information content (AvgIpc) is 2.68. The van der Waals surface area contributed by atoms with E-state index in [1.54, 1.807) is 13.3 Å². The van der Waals surface area contributed by atoms with Crippen molar-refractivity contribution in [2.24, 2.45) is 12.5 Å². The number of nitrogens with one attached hydrogen (secondary N) is 1. The van der Waals surface area contributed by atoms with E-state index in [9.17, 15) is 5.11 Å². The molecule has 1 unspecified atom stereocenters. The first kappa shape index (κ1) is 17.4. The first-order chi connectivity index (χ1) is 9.21. The Morgan fingerprint density at radius 2 is 2.10 bits per heavy atom. The van der Waals surface area contributed by atoms with Gasteiger partial charge in [-0.25, -0.2) is 4.98 Å². The Kier molecular flexibility index (Phi) is 6.01. The lowest BCUT2D eigenvalue weighted by Gasteiger charge is -2.40. The van der Waals surface area contributed by atoms with E-state index in [0.717, 1.165) is 5.69 Å². The van der Waals surface area contributed by atoms with Gasteiger partial charge in [0, 0.05) is 39.3 Å². The van der Waals surface area contributed by atoms with Crippen molar-refractivity contribution >= 4 is 11.6 Å². The van der Waals surface area contributed by atoms with Crippen molar-refractivity contribution < 1.29 is 9.84 Å². The predicted octanol–water partition coefficient (Wildman–Crippen LogP) is 1.98. The van der Waals surface area contributed by atoms with Crippen LogP contribution in [0.15, 0.2) is 6.20 Å². The van der Waals surface area contributed by atoms with E-state index in [2.05, 4.69) is 10.3 Å². The van der Waals surface area contributed by atoms with Crippen molar-refractivity contribution in [3.63, 3.8) is 0 Å². The number of nitrogens with zero attached hydrogens (tertiary/aromatic N) is 2. The summed E-state index contributed by atoms with van der Waals surface area (Å²) in [6, 6.07) is 0. The number of hydrogen-bond acceptors (Lipinski definition) is 4. The molecule has 5 nitrogen and oxygen atoms in total. The van der Waals surface area contributed by atoms with Crippen LogP contribution in [0.2, 0.25) is 5.28 Å². The molecule has 0 aliphatic carbocycles. The molecule has 1 heterocycles. The second kappa shape index (κ2) is 6.89. The second-order valence-electron chi connectivity index (χ2n) is 6.08. The number of rotatable bonds is 8. The summed E-state index contributed by atoms with van der Waals surface area (Å²) in [5.41, 5.74) is -0.0454. The van der Waals surface area contributed by atoms with Gasteiger partial charge in [-0.3, -0.25) is 0 Å². The van der Waals surface area contributed by atoms with E-state index >= 15 is 0 Å². The van der Waals surface area contributed by atoms with Crippen molar-refractivity contribution in [2.75, 3.05) is 20.3 Å². The number of methoxy groups -OCH3 is 1. The lowest BCUT2D eigenvalue weighted by atomic mass is 9.74. The van der Waals surface area contributed by atoms with Crippen LogP contribution in [0.5, 0.6) is 0 Å². The molecule has 1 aromatic heterocycles. The fourth-order valence-electron chi connectivity index (χ4n) is 1.92. The topological polar surface area (TPSA) is 59.3 Å².